The first-order valence-electron chi connectivity index (χ1n) is 11.6. The van der Waals surface area contributed by atoms with Crippen LogP contribution in [0.1, 0.15) is 12.8 Å². The molecule has 5 heteroatoms. The molecule has 6 atom stereocenters. The number of carbonyl (C=O) groups is 2. The zero-order chi connectivity index (χ0) is 22.2. The van der Waals surface area contributed by atoms with Gasteiger partial charge in [0.1, 0.15) is 11.9 Å². The van der Waals surface area contributed by atoms with Gasteiger partial charge in [-0.2, -0.15) is 0 Å². The van der Waals surface area contributed by atoms with Gasteiger partial charge in [-0.25, -0.2) is 0 Å². The predicted octanol–water partition coefficient (Wildman–Crippen LogP) is 5.26. The Hall–Kier alpha value is -3.60. The molecule has 5 nitrogen and oxygen atoms in total. The van der Waals surface area contributed by atoms with E-state index >= 15 is 0 Å². The highest BCUT2D eigenvalue weighted by Gasteiger charge is 2.85. The molecule has 1 heterocycles. The number of hydrogen-bond acceptors (Lipinski definition) is 5. The minimum Gasteiger partial charge on any atom is -0.461 e. The second kappa shape index (κ2) is 6.70. The summed E-state index contributed by atoms with van der Waals surface area (Å²) in [5, 5.41) is 0. The van der Waals surface area contributed by atoms with Gasteiger partial charge in [-0.15, -0.1) is 0 Å². The fourth-order valence-electron chi connectivity index (χ4n) is 6.96. The fourth-order valence-corrected chi connectivity index (χ4v) is 6.96. The van der Waals surface area contributed by atoms with Gasteiger partial charge in [0.25, 0.3) is 0 Å². The van der Waals surface area contributed by atoms with Crippen molar-refractivity contribution < 1.29 is 19.1 Å². The smallest absolute Gasteiger partial charge is 0.318 e. The molecule has 3 aromatic carbocycles. The molecule has 0 amide bonds. The first kappa shape index (κ1) is 18.9. The summed E-state index contributed by atoms with van der Waals surface area (Å²) in [5.74, 6) is 0.597. The van der Waals surface area contributed by atoms with E-state index in [4.69, 9.17) is 9.47 Å². The maximum Gasteiger partial charge on any atom is 0.318 e. The largest absolute Gasteiger partial charge is 0.461 e. The van der Waals surface area contributed by atoms with Gasteiger partial charge < -0.3 is 14.4 Å². The summed E-state index contributed by atoms with van der Waals surface area (Å²) in [6.07, 6.45) is 1.53. The number of benzene rings is 3. The summed E-state index contributed by atoms with van der Waals surface area (Å²) in [6, 6.07) is 27.9. The van der Waals surface area contributed by atoms with Crippen molar-refractivity contribution in [2.24, 2.45) is 29.1 Å². The Labute approximate surface area is 191 Å². The molecule has 0 aromatic heterocycles. The molecule has 3 saturated carbocycles. The van der Waals surface area contributed by atoms with Crippen molar-refractivity contribution in [3.63, 3.8) is 0 Å². The van der Waals surface area contributed by atoms with Crippen LogP contribution in [0.15, 0.2) is 84.9 Å². The standard InChI is InChI=1S/C28H23NO4/c30-26-23-15-22-21-16-28(22,23)25(33-26)24(21)27(31)32-20-13-11-19(12-14-20)29(17-7-3-1-4-8-17)18-9-5-2-6-10-18/h1-14,21-25H,15-16H2. The first-order chi connectivity index (χ1) is 16.2. The molecule has 33 heavy (non-hydrogen) atoms. The van der Waals surface area contributed by atoms with Gasteiger partial charge in [-0.05, 0) is 73.2 Å². The zero-order valence-corrected chi connectivity index (χ0v) is 18.0. The van der Waals surface area contributed by atoms with E-state index in [0.29, 0.717) is 17.6 Å². The number of anilines is 3. The second-order valence-electron chi connectivity index (χ2n) is 9.68. The maximum absolute atomic E-state index is 13.1. The van der Waals surface area contributed by atoms with Crippen molar-refractivity contribution in [2.75, 3.05) is 4.90 Å². The van der Waals surface area contributed by atoms with E-state index in [-0.39, 0.29) is 35.3 Å². The van der Waals surface area contributed by atoms with Crippen molar-refractivity contribution in [3.05, 3.63) is 84.9 Å². The van der Waals surface area contributed by atoms with E-state index in [1.807, 2.05) is 60.7 Å². The predicted molar refractivity (Wildman–Crippen MR) is 122 cm³/mol. The number of rotatable bonds is 5. The summed E-state index contributed by atoms with van der Waals surface area (Å²) in [7, 11) is 0. The summed E-state index contributed by atoms with van der Waals surface area (Å²) in [4.78, 5) is 27.4. The van der Waals surface area contributed by atoms with Crippen LogP contribution in [0, 0.1) is 29.1 Å². The molecular formula is C28H23NO4. The Morgan fingerprint density at radius 1 is 0.879 bits per heavy atom. The van der Waals surface area contributed by atoms with E-state index < -0.39 is 0 Å². The van der Waals surface area contributed by atoms with Crippen molar-refractivity contribution in [1.82, 2.24) is 0 Å². The Bertz CT molecular complexity index is 1200. The SMILES string of the molecule is O=C(Oc1ccc(N(c2ccccc2)c2ccccc2)cc1)C1C2CC34C(CC23)C(=O)OC14. The van der Waals surface area contributed by atoms with Crippen molar-refractivity contribution in [1.29, 1.82) is 0 Å². The lowest BCUT2D eigenvalue weighted by atomic mass is 9.43. The number of esters is 2. The van der Waals surface area contributed by atoms with E-state index in [0.717, 1.165) is 29.9 Å². The molecule has 1 spiro atoms. The molecule has 6 unspecified atom stereocenters. The van der Waals surface area contributed by atoms with Crippen LogP contribution in [0.5, 0.6) is 5.75 Å². The van der Waals surface area contributed by atoms with Gasteiger partial charge in [0, 0.05) is 22.5 Å². The monoisotopic (exact) mass is 437 g/mol. The quantitative estimate of drug-likeness (QED) is 0.403. The molecule has 2 bridgehead atoms. The third-order valence-electron chi connectivity index (χ3n) is 8.39. The molecule has 3 aromatic rings. The third kappa shape index (κ3) is 2.48. The Morgan fingerprint density at radius 3 is 2.09 bits per heavy atom. The molecular weight excluding hydrogens is 414 g/mol. The second-order valence-corrected chi connectivity index (χ2v) is 9.68. The van der Waals surface area contributed by atoms with Crippen LogP contribution in [0.2, 0.25) is 0 Å². The number of carbonyl (C=O) groups excluding carboxylic acids is 2. The van der Waals surface area contributed by atoms with Crippen molar-refractivity contribution in [2.45, 2.75) is 18.9 Å². The molecule has 164 valence electrons. The van der Waals surface area contributed by atoms with E-state index in [9.17, 15) is 9.59 Å². The third-order valence-corrected chi connectivity index (χ3v) is 8.39. The minimum absolute atomic E-state index is 0.0165. The van der Waals surface area contributed by atoms with Gasteiger partial charge in [-0.1, -0.05) is 36.4 Å². The van der Waals surface area contributed by atoms with Gasteiger partial charge in [0.05, 0.1) is 11.8 Å². The van der Waals surface area contributed by atoms with Gasteiger partial charge in [0.2, 0.25) is 0 Å². The zero-order valence-electron chi connectivity index (χ0n) is 18.0. The van der Waals surface area contributed by atoms with Crippen LogP contribution in [0.25, 0.3) is 0 Å². The minimum atomic E-state index is -0.323. The molecule has 0 radical (unpaired) electrons. The topological polar surface area (TPSA) is 55.8 Å². The molecule has 4 aliphatic rings. The summed E-state index contributed by atoms with van der Waals surface area (Å²) in [5.41, 5.74) is 3.01. The number of para-hydroxylation sites is 2. The van der Waals surface area contributed by atoms with Crippen molar-refractivity contribution >= 4 is 29.0 Å². The summed E-state index contributed by atoms with van der Waals surface area (Å²) in [6.45, 7) is 0. The Kier molecular flexibility index (Phi) is 3.84. The lowest BCUT2D eigenvalue weighted by Crippen LogP contribution is -2.57. The summed E-state index contributed by atoms with van der Waals surface area (Å²) >= 11 is 0. The van der Waals surface area contributed by atoms with Crippen molar-refractivity contribution in [3.8, 4) is 5.75 Å². The molecule has 0 N–H and O–H groups in total. The van der Waals surface area contributed by atoms with Crippen LogP contribution in [-0.2, 0) is 14.3 Å². The summed E-state index contributed by atoms with van der Waals surface area (Å²) < 4.78 is 11.5. The van der Waals surface area contributed by atoms with E-state index in [1.54, 1.807) is 0 Å². The van der Waals surface area contributed by atoms with E-state index in [1.165, 1.54) is 0 Å². The molecule has 7 rings (SSSR count). The molecule has 4 fully saturated rings. The van der Waals surface area contributed by atoms with Crippen LogP contribution >= 0.6 is 0 Å². The van der Waals surface area contributed by atoms with Gasteiger partial charge in [0.15, 0.2) is 0 Å². The van der Waals surface area contributed by atoms with Crippen LogP contribution in [0.4, 0.5) is 17.1 Å². The lowest BCUT2D eigenvalue weighted by molar-refractivity contribution is -0.162. The number of hydrogen-bond donors (Lipinski definition) is 0. The lowest BCUT2D eigenvalue weighted by Gasteiger charge is -2.58. The van der Waals surface area contributed by atoms with Crippen LogP contribution in [0.3, 0.4) is 0 Å². The Balaban J connectivity index is 1.13. The van der Waals surface area contributed by atoms with E-state index in [2.05, 4.69) is 29.2 Å². The normalized spacial score (nSPS) is 32.2. The Morgan fingerprint density at radius 2 is 1.48 bits per heavy atom. The highest BCUT2D eigenvalue weighted by Crippen LogP contribution is 2.81. The number of ether oxygens (including phenoxy) is 2. The fraction of sp³-hybridized carbons (Fsp3) is 0.286. The van der Waals surface area contributed by atoms with Gasteiger partial charge >= 0.3 is 11.9 Å². The molecule has 1 aliphatic heterocycles. The average Bonchev–Trinajstić information content (AvgIpc) is 3.37. The highest BCUT2D eigenvalue weighted by molar-refractivity contribution is 5.85. The molecule has 1 saturated heterocycles. The molecule has 3 aliphatic carbocycles. The number of nitrogens with zero attached hydrogens (tertiary/aromatic N) is 1. The maximum atomic E-state index is 13.1. The van der Waals surface area contributed by atoms with Gasteiger partial charge in [-0.3, -0.25) is 9.59 Å². The highest BCUT2D eigenvalue weighted by atomic mass is 16.6. The van der Waals surface area contributed by atoms with Crippen LogP contribution in [-0.4, -0.2) is 18.0 Å². The average molecular weight is 437 g/mol. The van der Waals surface area contributed by atoms with Crippen LogP contribution < -0.4 is 9.64 Å². The first-order valence-corrected chi connectivity index (χ1v) is 11.6.